The molecule has 298 valence electrons. The second kappa shape index (κ2) is 20.2. The number of carbonyl (C=O) groups excluding carboxylic acids is 4. The number of Topliss-reactive ketones (excluding diaryl/α,β-unsaturated/α-hetero) is 1. The molecule has 1 aromatic heterocycles. The molecule has 0 aliphatic carbocycles. The van der Waals surface area contributed by atoms with Crippen LogP contribution in [0, 0.1) is 0 Å². The number of nitrogens with one attached hydrogen (secondary N) is 2. The molecule has 0 spiro atoms. The van der Waals surface area contributed by atoms with Crippen molar-refractivity contribution in [2.75, 3.05) is 34.4 Å². The first-order valence-corrected chi connectivity index (χ1v) is 18.5. The molecule has 15 heteroatoms. The summed E-state index contributed by atoms with van der Waals surface area (Å²) in [5.41, 5.74) is 0.308. The van der Waals surface area contributed by atoms with E-state index in [2.05, 4.69) is 20.8 Å². The summed E-state index contributed by atoms with van der Waals surface area (Å²) >= 11 is 0. The maximum absolute atomic E-state index is 13.7. The van der Waals surface area contributed by atoms with Gasteiger partial charge in [-0.1, -0.05) is 31.2 Å². The fourth-order valence-corrected chi connectivity index (χ4v) is 6.28. The number of aromatic nitrogens is 2. The zero-order chi connectivity index (χ0) is 40.1. The molecule has 2 heterocycles. The molecule has 0 bridgehead atoms. The van der Waals surface area contributed by atoms with Gasteiger partial charge in [0.25, 0.3) is 0 Å². The number of amides is 2. The molecule has 15 nitrogen and oxygen atoms in total. The van der Waals surface area contributed by atoms with E-state index in [1.807, 2.05) is 13.8 Å². The summed E-state index contributed by atoms with van der Waals surface area (Å²) in [7, 11) is 4.30. The SMILES string of the molecule is COc1cc(C(CC(=O)NCCC(=O)NCCc2nc(C(C)C)no2)c2c(O)cc3c(c2O)C(=O)O[C@@H](C)CCCC(=O)CCC/C=C/3)cc(OC)c1OC. The van der Waals surface area contributed by atoms with Gasteiger partial charge in [-0.3, -0.25) is 14.4 Å². The third-order valence-electron chi connectivity index (χ3n) is 9.21. The third kappa shape index (κ3) is 11.4. The smallest absolute Gasteiger partial charge is 0.342 e. The molecule has 2 amide bonds. The number of aromatic hydroxyl groups is 2. The van der Waals surface area contributed by atoms with Gasteiger partial charge < -0.3 is 44.3 Å². The minimum absolute atomic E-state index is 0.00649. The van der Waals surface area contributed by atoms with E-state index in [1.54, 1.807) is 31.2 Å². The van der Waals surface area contributed by atoms with Crippen molar-refractivity contribution in [1.29, 1.82) is 0 Å². The minimum Gasteiger partial charge on any atom is -0.507 e. The molecule has 3 aromatic rings. The fraction of sp³-hybridized carbons (Fsp3) is 0.500. The van der Waals surface area contributed by atoms with E-state index in [1.165, 1.54) is 27.4 Å². The fourth-order valence-electron chi connectivity index (χ4n) is 6.28. The second-order valence-corrected chi connectivity index (χ2v) is 13.7. The normalized spacial score (nSPS) is 16.3. The predicted octanol–water partition coefficient (Wildman–Crippen LogP) is 5.50. The molecule has 4 N–H and O–H groups in total. The van der Waals surface area contributed by atoms with Crippen molar-refractivity contribution in [2.24, 2.45) is 0 Å². The van der Waals surface area contributed by atoms with Crippen molar-refractivity contribution in [1.82, 2.24) is 20.8 Å². The Morgan fingerprint density at radius 2 is 1.65 bits per heavy atom. The number of ether oxygens (including phenoxy) is 4. The number of hydrogen-bond acceptors (Lipinski definition) is 13. The topological polar surface area (TPSA) is 209 Å². The van der Waals surface area contributed by atoms with Crippen molar-refractivity contribution < 1.29 is 52.9 Å². The first kappa shape index (κ1) is 42.1. The number of fused-ring (bicyclic) bond motifs is 1. The number of phenols is 2. The van der Waals surface area contributed by atoms with Crippen LogP contribution in [0.25, 0.3) is 6.08 Å². The Kier molecular flexibility index (Phi) is 15.5. The van der Waals surface area contributed by atoms with Gasteiger partial charge in [0, 0.05) is 62.6 Å². The number of carbonyl (C=O) groups is 4. The highest BCUT2D eigenvalue weighted by atomic mass is 16.5. The molecule has 0 fully saturated rings. The summed E-state index contributed by atoms with van der Waals surface area (Å²) in [5, 5.41) is 32.9. The lowest BCUT2D eigenvalue weighted by Gasteiger charge is -2.24. The van der Waals surface area contributed by atoms with E-state index < -0.39 is 29.6 Å². The van der Waals surface area contributed by atoms with Crippen LogP contribution in [0.5, 0.6) is 28.7 Å². The molecule has 0 radical (unpaired) electrons. The van der Waals surface area contributed by atoms with Crippen molar-refractivity contribution in [3.05, 3.63) is 58.2 Å². The van der Waals surface area contributed by atoms with Crippen LogP contribution in [-0.4, -0.2) is 84.4 Å². The molecule has 1 unspecified atom stereocenters. The molecular formula is C40H52N4O11. The second-order valence-electron chi connectivity index (χ2n) is 13.7. The molecule has 1 aliphatic heterocycles. The van der Waals surface area contributed by atoms with E-state index in [9.17, 15) is 29.4 Å². The van der Waals surface area contributed by atoms with Crippen molar-refractivity contribution in [2.45, 2.75) is 96.5 Å². The summed E-state index contributed by atoms with van der Waals surface area (Å²) in [5.74, 6) is -1.60. The van der Waals surface area contributed by atoms with Gasteiger partial charge in [-0.15, -0.1) is 0 Å². The number of allylic oxidation sites excluding steroid dienone is 1. The van der Waals surface area contributed by atoms with Crippen LogP contribution >= 0.6 is 0 Å². The summed E-state index contributed by atoms with van der Waals surface area (Å²) in [6.07, 6.45) is 5.73. The molecule has 2 atom stereocenters. The van der Waals surface area contributed by atoms with Crippen LogP contribution < -0.4 is 24.8 Å². The van der Waals surface area contributed by atoms with Gasteiger partial charge in [0.1, 0.15) is 22.8 Å². The summed E-state index contributed by atoms with van der Waals surface area (Å²) < 4.78 is 27.6. The Bertz CT molecular complexity index is 1830. The summed E-state index contributed by atoms with van der Waals surface area (Å²) in [4.78, 5) is 56.4. The van der Waals surface area contributed by atoms with E-state index in [4.69, 9.17) is 23.5 Å². The predicted molar refractivity (Wildman–Crippen MR) is 202 cm³/mol. The average molecular weight is 765 g/mol. The van der Waals surface area contributed by atoms with Crippen LogP contribution in [0.3, 0.4) is 0 Å². The zero-order valence-electron chi connectivity index (χ0n) is 32.4. The van der Waals surface area contributed by atoms with Crippen LogP contribution in [-0.2, 0) is 25.5 Å². The average Bonchev–Trinajstić information content (AvgIpc) is 3.62. The van der Waals surface area contributed by atoms with Crippen molar-refractivity contribution >= 4 is 29.6 Å². The number of ketones is 1. The van der Waals surface area contributed by atoms with Gasteiger partial charge in [-0.2, -0.15) is 4.98 Å². The van der Waals surface area contributed by atoms with Crippen molar-refractivity contribution in [3.63, 3.8) is 0 Å². The van der Waals surface area contributed by atoms with E-state index in [0.29, 0.717) is 62.2 Å². The standard InChI is InChI=1S/C40H52N4O11/c1-23(2)39-43-34(55-44-39)16-18-41-32(47)15-17-42-33(48)22-28(26-20-30(51-4)38(53-6)31(21-26)52-5)36-29(46)19-25-12-8-7-9-13-27(45)14-10-11-24(3)54-40(50)35(25)37(36)49/h8,12,19-21,23-24,28,46,49H,7,9-11,13-18,22H2,1-6H3,(H,41,47)(H,42,48)/b12-8+/t24-,28?/m0/s1. The number of methoxy groups -OCH3 is 3. The monoisotopic (exact) mass is 764 g/mol. The van der Waals surface area contributed by atoms with E-state index >= 15 is 0 Å². The first-order chi connectivity index (χ1) is 26.4. The van der Waals surface area contributed by atoms with Gasteiger partial charge >= 0.3 is 5.97 Å². The van der Waals surface area contributed by atoms with E-state index in [0.717, 1.165) is 0 Å². The number of hydrogen-bond donors (Lipinski definition) is 4. The van der Waals surface area contributed by atoms with Crippen LogP contribution in [0.15, 0.2) is 28.8 Å². The molecule has 4 rings (SSSR count). The van der Waals surface area contributed by atoms with Gasteiger partial charge in [0.2, 0.25) is 23.5 Å². The number of esters is 1. The van der Waals surface area contributed by atoms with Crippen LogP contribution in [0.4, 0.5) is 0 Å². The third-order valence-corrected chi connectivity index (χ3v) is 9.21. The lowest BCUT2D eigenvalue weighted by molar-refractivity contribution is -0.122. The molecule has 2 aromatic carbocycles. The Hall–Kier alpha value is -5.60. The van der Waals surface area contributed by atoms with Gasteiger partial charge in [-0.25, -0.2) is 4.79 Å². The lowest BCUT2D eigenvalue weighted by atomic mass is 9.84. The Morgan fingerprint density at radius 3 is 2.31 bits per heavy atom. The summed E-state index contributed by atoms with van der Waals surface area (Å²) in [6, 6.07) is 4.52. The Morgan fingerprint density at radius 1 is 0.964 bits per heavy atom. The zero-order valence-corrected chi connectivity index (χ0v) is 32.4. The van der Waals surface area contributed by atoms with Crippen LogP contribution in [0.1, 0.15) is 123 Å². The quantitative estimate of drug-likeness (QED) is 0.150. The van der Waals surface area contributed by atoms with Crippen LogP contribution in [0.2, 0.25) is 0 Å². The molecule has 0 saturated heterocycles. The number of cyclic esters (lactones) is 1. The Labute approximate surface area is 320 Å². The molecule has 1 aliphatic rings. The lowest BCUT2D eigenvalue weighted by Crippen LogP contribution is -2.32. The van der Waals surface area contributed by atoms with Gasteiger partial charge in [0.15, 0.2) is 17.3 Å². The number of benzene rings is 2. The number of nitrogens with zero attached hydrogens (tertiary/aromatic N) is 2. The van der Waals surface area contributed by atoms with Gasteiger partial charge in [0.05, 0.1) is 27.4 Å². The maximum atomic E-state index is 13.7. The first-order valence-electron chi connectivity index (χ1n) is 18.5. The highest BCUT2D eigenvalue weighted by Gasteiger charge is 2.32. The van der Waals surface area contributed by atoms with Gasteiger partial charge in [-0.05, 0) is 61.9 Å². The molecule has 55 heavy (non-hydrogen) atoms. The van der Waals surface area contributed by atoms with E-state index in [-0.39, 0.29) is 83.2 Å². The summed E-state index contributed by atoms with van der Waals surface area (Å²) in [6.45, 7) is 5.87. The Balaban J connectivity index is 1.63. The maximum Gasteiger partial charge on any atom is 0.342 e. The molecule has 0 saturated carbocycles. The number of phenolic OH excluding ortho intramolecular Hbond substituents is 2. The highest BCUT2D eigenvalue weighted by Crippen LogP contribution is 2.47. The minimum atomic E-state index is -1.06. The largest absolute Gasteiger partial charge is 0.507 e. The molecular weight excluding hydrogens is 712 g/mol. The highest BCUT2D eigenvalue weighted by molar-refractivity contribution is 5.98. The number of rotatable bonds is 14. The van der Waals surface area contributed by atoms with Crippen molar-refractivity contribution in [3.8, 4) is 28.7 Å².